The highest BCUT2D eigenvalue weighted by Gasteiger charge is 2.26. The monoisotopic (exact) mass is 309 g/mol. The Balaban J connectivity index is 2.00. The van der Waals surface area contributed by atoms with Gasteiger partial charge in [0.15, 0.2) is 0 Å². The first-order valence-corrected chi connectivity index (χ1v) is 8.19. The molecule has 0 amide bonds. The molecule has 1 aliphatic heterocycles. The minimum absolute atomic E-state index is 0.288. The lowest BCUT2D eigenvalue weighted by molar-refractivity contribution is -0.137. The maximum atomic E-state index is 10.7. The van der Waals surface area contributed by atoms with E-state index in [0.717, 1.165) is 43.8 Å². The van der Waals surface area contributed by atoms with E-state index in [0.29, 0.717) is 12.0 Å². The molecule has 4 heteroatoms. The summed E-state index contributed by atoms with van der Waals surface area (Å²) in [4.78, 5) is 13.3. The number of rotatable bonds is 6. The molecule has 2 atom stereocenters. The molecule has 0 spiro atoms. The Hall–Kier alpha value is -1.06. The van der Waals surface area contributed by atoms with Crippen LogP contribution in [-0.2, 0) is 4.79 Å². The predicted octanol–water partition coefficient (Wildman–Crippen LogP) is 4.37. The second-order valence-electron chi connectivity index (χ2n) is 5.91. The zero-order valence-electron chi connectivity index (χ0n) is 12.6. The van der Waals surface area contributed by atoms with Crippen molar-refractivity contribution in [2.75, 3.05) is 13.1 Å². The fourth-order valence-electron chi connectivity index (χ4n) is 3.33. The van der Waals surface area contributed by atoms with Gasteiger partial charge in [-0.3, -0.25) is 9.69 Å². The van der Waals surface area contributed by atoms with E-state index >= 15 is 0 Å². The quantitative estimate of drug-likeness (QED) is 0.848. The molecule has 0 aliphatic carbocycles. The summed E-state index contributed by atoms with van der Waals surface area (Å²) in [5.41, 5.74) is 1.31. The van der Waals surface area contributed by atoms with Crippen LogP contribution in [0.15, 0.2) is 24.3 Å². The largest absolute Gasteiger partial charge is 0.481 e. The first-order valence-electron chi connectivity index (χ1n) is 7.81. The molecule has 1 aromatic rings. The van der Waals surface area contributed by atoms with Gasteiger partial charge in [0.2, 0.25) is 0 Å². The van der Waals surface area contributed by atoms with E-state index in [1.165, 1.54) is 5.56 Å². The first kappa shape index (κ1) is 16.3. The summed E-state index contributed by atoms with van der Waals surface area (Å²) in [6, 6.07) is 8.53. The van der Waals surface area contributed by atoms with Gasteiger partial charge in [0.1, 0.15) is 0 Å². The van der Waals surface area contributed by atoms with Crippen molar-refractivity contribution < 1.29 is 9.90 Å². The first-order chi connectivity index (χ1) is 10.1. The molecule has 1 N–H and O–H groups in total. The van der Waals surface area contributed by atoms with Crippen LogP contribution in [0.25, 0.3) is 0 Å². The Labute approximate surface area is 131 Å². The molecule has 0 aromatic heterocycles. The SMILES string of the molecule is CCC(c1ccc(Cl)cc1)N1CCCC(CCC(=O)O)C1. The number of carbonyl (C=O) groups is 1. The van der Waals surface area contributed by atoms with Crippen LogP contribution < -0.4 is 0 Å². The van der Waals surface area contributed by atoms with Gasteiger partial charge in [0.25, 0.3) is 0 Å². The van der Waals surface area contributed by atoms with E-state index in [-0.39, 0.29) is 6.42 Å². The van der Waals surface area contributed by atoms with Crippen LogP contribution >= 0.6 is 11.6 Å². The zero-order chi connectivity index (χ0) is 15.2. The number of halogens is 1. The molecule has 2 unspecified atom stereocenters. The molecule has 1 saturated heterocycles. The summed E-state index contributed by atoms with van der Waals surface area (Å²) in [7, 11) is 0. The van der Waals surface area contributed by atoms with E-state index in [4.69, 9.17) is 16.7 Å². The van der Waals surface area contributed by atoms with Crippen LogP contribution in [0.3, 0.4) is 0 Å². The van der Waals surface area contributed by atoms with Gasteiger partial charge in [0, 0.05) is 24.0 Å². The number of hydrogen-bond acceptors (Lipinski definition) is 2. The summed E-state index contributed by atoms with van der Waals surface area (Å²) in [6.07, 6.45) is 4.46. The highest BCUT2D eigenvalue weighted by atomic mass is 35.5. The zero-order valence-corrected chi connectivity index (χ0v) is 13.4. The molecule has 2 rings (SSSR count). The van der Waals surface area contributed by atoms with Gasteiger partial charge >= 0.3 is 5.97 Å². The average molecular weight is 310 g/mol. The van der Waals surface area contributed by atoms with Gasteiger partial charge in [0.05, 0.1) is 0 Å². The van der Waals surface area contributed by atoms with Gasteiger partial charge in [-0.05, 0) is 55.8 Å². The van der Waals surface area contributed by atoms with Crippen LogP contribution in [0.1, 0.15) is 50.6 Å². The maximum absolute atomic E-state index is 10.7. The number of likely N-dealkylation sites (tertiary alicyclic amines) is 1. The number of piperidine rings is 1. The van der Waals surface area contributed by atoms with Gasteiger partial charge < -0.3 is 5.11 Å². The van der Waals surface area contributed by atoms with Crippen molar-refractivity contribution in [3.63, 3.8) is 0 Å². The Morgan fingerprint density at radius 1 is 1.43 bits per heavy atom. The maximum Gasteiger partial charge on any atom is 0.303 e. The van der Waals surface area contributed by atoms with Crippen molar-refractivity contribution >= 4 is 17.6 Å². The molecule has 1 fully saturated rings. The number of nitrogens with zero attached hydrogens (tertiary/aromatic N) is 1. The summed E-state index contributed by atoms with van der Waals surface area (Å²) in [5.74, 6) is -0.173. The summed E-state index contributed by atoms with van der Waals surface area (Å²) in [6.45, 7) is 4.32. The molecule has 1 heterocycles. The number of carboxylic acids is 1. The smallest absolute Gasteiger partial charge is 0.303 e. The van der Waals surface area contributed by atoms with Crippen LogP contribution in [0.4, 0.5) is 0 Å². The summed E-state index contributed by atoms with van der Waals surface area (Å²) < 4.78 is 0. The average Bonchev–Trinajstić information content (AvgIpc) is 2.48. The Kier molecular flexibility index (Phi) is 6.07. The van der Waals surface area contributed by atoms with Crippen molar-refractivity contribution in [1.82, 2.24) is 4.90 Å². The lowest BCUT2D eigenvalue weighted by Gasteiger charge is -2.38. The van der Waals surface area contributed by atoms with Crippen molar-refractivity contribution in [3.05, 3.63) is 34.9 Å². The molecule has 0 radical (unpaired) electrons. The number of hydrogen-bond donors (Lipinski definition) is 1. The molecular weight excluding hydrogens is 286 g/mol. The third-order valence-corrected chi connectivity index (χ3v) is 4.65. The van der Waals surface area contributed by atoms with Crippen LogP contribution in [0.5, 0.6) is 0 Å². The van der Waals surface area contributed by atoms with Crippen molar-refractivity contribution in [2.45, 2.75) is 45.1 Å². The summed E-state index contributed by atoms with van der Waals surface area (Å²) >= 11 is 5.97. The third-order valence-electron chi connectivity index (χ3n) is 4.40. The molecule has 0 saturated carbocycles. The minimum Gasteiger partial charge on any atom is -0.481 e. The van der Waals surface area contributed by atoms with Crippen LogP contribution in [0, 0.1) is 5.92 Å². The van der Waals surface area contributed by atoms with E-state index in [9.17, 15) is 4.79 Å². The molecular formula is C17H24ClNO2. The number of benzene rings is 1. The second kappa shape index (κ2) is 7.81. The molecule has 0 bridgehead atoms. The lowest BCUT2D eigenvalue weighted by Crippen LogP contribution is -2.38. The van der Waals surface area contributed by atoms with Gasteiger partial charge in [-0.15, -0.1) is 0 Å². The molecule has 1 aromatic carbocycles. The lowest BCUT2D eigenvalue weighted by atomic mass is 9.91. The molecule has 3 nitrogen and oxygen atoms in total. The van der Waals surface area contributed by atoms with Crippen LogP contribution in [0.2, 0.25) is 5.02 Å². The highest BCUT2D eigenvalue weighted by Crippen LogP contribution is 2.31. The van der Waals surface area contributed by atoms with Crippen molar-refractivity contribution in [3.8, 4) is 0 Å². The van der Waals surface area contributed by atoms with E-state index in [1.807, 2.05) is 12.1 Å². The fourth-order valence-corrected chi connectivity index (χ4v) is 3.46. The van der Waals surface area contributed by atoms with Crippen molar-refractivity contribution in [1.29, 1.82) is 0 Å². The topological polar surface area (TPSA) is 40.5 Å². The number of carboxylic acid groups (broad SMARTS) is 1. The highest BCUT2D eigenvalue weighted by molar-refractivity contribution is 6.30. The van der Waals surface area contributed by atoms with Gasteiger partial charge in [-0.1, -0.05) is 30.7 Å². The van der Waals surface area contributed by atoms with Gasteiger partial charge in [-0.2, -0.15) is 0 Å². The Morgan fingerprint density at radius 3 is 2.76 bits per heavy atom. The Morgan fingerprint density at radius 2 is 2.14 bits per heavy atom. The molecule has 1 aliphatic rings. The fraction of sp³-hybridized carbons (Fsp3) is 0.588. The molecule has 21 heavy (non-hydrogen) atoms. The van der Waals surface area contributed by atoms with Gasteiger partial charge in [-0.25, -0.2) is 0 Å². The number of aliphatic carboxylic acids is 1. The normalized spacial score (nSPS) is 21.1. The third kappa shape index (κ3) is 4.72. The molecule has 116 valence electrons. The summed E-state index contributed by atoms with van der Waals surface area (Å²) in [5, 5.41) is 9.61. The van der Waals surface area contributed by atoms with E-state index in [2.05, 4.69) is 24.0 Å². The minimum atomic E-state index is -0.683. The van der Waals surface area contributed by atoms with E-state index in [1.54, 1.807) is 0 Å². The Bertz CT molecular complexity index is 460. The standard InChI is InChI=1S/C17H24ClNO2/c1-2-16(14-6-8-15(18)9-7-14)19-11-3-4-13(12-19)5-10-17(20)21/h6-9,13,16H,2-5,10-12H2,1H3,(H,20,21). The van der Waals surface area contributed by atoms with Crippen molar-refractivity contribution in [2.24, 2.45) is 5.92 Å². The predicted molar refractivity (Wildman–Crippen MR) is 85.7 cm³/mol. The van der Waals surface area contributed by atoms with E-state index < -0.39 is 5.97 Å². The van der Waals surface area contributed by atoms with Crippen LogP contribution in [-0.4, -0.2) is 29.1 Å². The second-order valence-corrected chi connectivity index (χ2v) is 6.35.